The van der Waals surface area contributed by atoms with Crippen molar-refractivity contribution in [3.8, 4) is 5.19 Å². The lowest BCUT2D eigenvalue weighted by molar-refractivity contribution is 0.00877. The quantitative estimate of drug-likeness (QED) is 0.744. The molecule has 0 aliphatic carbocycles. The Morgan fingerprint density at radius 1 is 1.33 bits per heavy atom. The summed E-state index contributed by atoms with van der Waals surface area (Å²) in [6, 6.07) is 3.21. The molecule has 1 aliphatic heterocycles. The van der Waals surface area contributed by atoms with E-state index in [1.807, 2.05) is 33.8 Å². The average molecular weight is 433 g/mol. The largest absolute Gasteiger partial charge is 0.473 e. The second kappa shape index (κ2) is 8.14. The van der Waals surface area contributed by atoms with Crippen LogP contribution in [0, 0.1) is 0 Å². The standard InChI is InChI=1S/C21H28N4O4S/c1-7-13-11-24(10-12(2)25(13)20(27)29-21(3,4)5)15-9-8-14(18(22)26)16-17(15)30-19(23-16)28-6/h7-9,12-13H,1,10-11H2,2-6H3,(H2,22,26)/t12-,13-/m0/s1. The summed E-state index contributed by atoms with van der Waals surface area (Å²) in [5.74, 6) is -0.536. The first kappa shape index (κ1) is 21.9. The number of carbonyl (C=O) groups is 2. The van der Waals surface area contributed by atoms with Crippen LogP contribution in [0.3, 0.4) is 0 Å². The molecular formula is C21H28N4O4S. The molecule has 0 bridgehead atoms. The first-order valence-electron chi connectivity index (χ1n) is 9.72. The molecule has 0 radical (unpaired) electrons. The van der Waals surface area contributed by atoms with Crippen LogP contribution in [0.5, 0.6) is 5.19 Å². The van der Waals surface area contributed by atoms with Gasteiger partial charge in [0.2, 0.25) is 0 Å². The number of benzene rings is 1. The van der Waals surface area contributed by atoms with Crippen molar-refractivity contribution in [2.45, 2.75) is 45.4 Å². The third-order valence-electron chi connectivity index (χ3n) is 4.88. The topological polar surface area (TPSA) is 98.0 Å². The monoisotopic (exact) mass is 432 g/mol. The maximum atomic E-state index is 12.8. The lowest BCUT2D eigenvalue weighted by atomic mass is 10.1. The van der Waals surface area contributed by atoms with Crippen molar-refractivity contribution in [2.24, 2.45) is 5.73 Å². The van der Waals surface area contributed by atoms with E-state index in [4.69, 9.17) is 15.2 Å². The highest BCUT2D eigenvalue weighted by molar-refractivity contribution is 7.20. The molecule has 1 fully saturated rings. The maximum absolute atomic E-state index is 12.8. The number of rotatable bonds is 4. The van der Waals surface area contributed by atoms with Crippen molar-refractivity contribution < 1.29 is 19.1 Å². The van der Waals surface area contributed by atoms with E-state index in [0.29, 0.717) is 29.4 Å². The van der Waals surface area contributed by atoms with Crippen molar-refractivity contribution in [3.63, 3.8) is 0 Å². The van der Waals surface area contributed by atoms with E-state index in [0.717, 1.165) is 10.4 Å². The van der Waals surface area contributed by atoms with Crippen LogP contribution in [0.1, 0.15) is 38.1 Å². The minimum absolute atomic E-state index is 0.114. The Morgan fingerprint density at radius 2 is 2.03 bits per heavy atom. The van der Waals surface area contributed by atoms with Gasteiger partial charge in [0, 0.05) is 13.1 Å². The number of primary amides is 1. The van der Waals surface area contributed by atoms with Crippen molar-refractivity contribution in [1.82, 2.24) is 9.88 Å². The molecule has 0 unspecified atom stereocenters. The summed E-state index contributed by atoms with van der Waals surface area (Å²) in [4.78, 5) is 32.9. The van der Waals surface area contributed by atoms with E-state index >= 15 is 0 Å². The highest BCUT2D eigenvalue weighted by atomic mass is 32.1. The normalized spacial score (nSPS) is 19.6. The van der Waals surface area contributed by atoms with Gasteiger partial charge in [-0.05, 0) is 39.8 Å². The van der Waals surface area contributed by atoms with E-state index in [1.165, 1.54) is 18.4 Å². The molecule has 8 nitrogen and oxygen atoms in total. The molecule has 2 N–H and O–H groups in total. The Labute approximate surface area is 180 Å². The fourth-order valence-corrected chi connectivity index (χ4v) is 4.59. The lowest BCUT2D eigenvalue weighted by Crippen LogP contribution is -2.59. The summed E-state index contributed by atoms with van der Waals surface area (Å²) in [5, 5.41) is 0.459. The molecule has 3 rings (SSSR count). The molecular weight excluding hydrogens is 404 g/mol. The number of carbonyl (C=O) groups excluding carboxylic acids is 2. The number of nitrogens with zero attached hydrogens (tertiary/aromatic N) is 3. The van der Waals surface area contributed by atoms with Gasteiger partial charge in [-0.25, -0.2) is 9.78 Å². The van der Waals surface area contributed by atoms with Gasteiger partial charge in [-0.2, -0.15) is 0 Å². The van der Waals surface area contributed by atoms with Crippen LogP contribution in [0.4, 0.5) is 10.5 Å². The molecule has 0 saturated carbocycles. The number of hydrogen-bond donors (Lipinski definition) is 1. The molecule has 1 aliphatic rings. The number of nitrogens with two attached hydrogens (primary N) is 1. The maximum Gasteiger partial charge on any atom is 0.411 e. The Hall–Kier alpha value is -2.81. The van der Waals surface area contributed by atoms with Crippen LogP contribution in [-0.4, -0.2) is 59.8 Å². The van der Waals surface area contributed by atoms with Gasteiger partial charge in [-0.15, -0.1) is 6.58 Å². The van der Waals surface area contributed by atoms with Crippen molar-refractivity contribution in [2.75, 3.05) is 25.1 Å². The summed E-state index contributed by atoms with van der Waals surface area (Å²) >= 11 is 1.36. The highest BCUT2D eigenvalue weighted by Crippen LogP contribution is 2.38. The zero-order valence-electron chi connectivity index (χ0n) is 18.0. The predicted molar refractivity (Wildman–Crippen MR) is 118 cm³/mol. The molecule has 2 atom stereocenters. The number of hydrogen-bond acceptors (Lipinski definition) is 7. The SMILES string of the molecule is C=C[C@H]1CN(c2ccc(C(N)=O)c3nc(OC)sc23)C[C@H](C)N1C(=O)OC(C)(C)C. The minimum atomic E-state index is -0.574. The van der Waals surface area contributed by atoms with Crippen molar-refractivity contribution in [3.05, 3.63) is 30.4 Å². The predicted octanol–water partition coefficient (Wildman–Crippen LogP) is 3.40. The Morgan fingerprint density at radius 3 is 2.60 bits per heavy atom. The summed E-state index contributed by atoms with van der Waals surface area (Å²) in [5.41, 5.74) is 6.75. The molecule has 2 heterocycles. The number of amides is 2. The van der Waals surface area contributed by atoms with Gasteiger partial charge < -0.3 is 20.1 Å². The van der Waals surface area contributed by atoms with Crippen molar-refractivity contribution >= 4 is 39.2 Å². The molecule has 1 aromatic heterocycles. The van der Waals surface area contributed by atoms with E-state index < -0.39 is 11.5 Å². The number of ether oxygens (including phenoxy) is 2. The number of piperazine rings is 1. The number of fused-ring (bicyclic) bond motifs is 1. The lowest BCUT2D eigenvalue weighted by Gasteiger charge is -2.45. The minimum Gasteiger partial charge on any atom is -0.473 e. The summed E-state index contributed by atoms with van der Waals surface area (Å²) < 4.78 is 11.7. The summed E-state index contributed by atoms with van der Waals surface area (Å²) in [7, 11) is 1.54. The van der Waals surface area contributed by atoms with Crippen LogP contribution >= 0.6 is 11.3 Å². The molecule has 0 spiro atoms. The van der Waals surface area contributed by atoms with Crippen LogP contribution in [0.2, 0.25) is 0 Å². The van der Waals surface area contributed by atoms with Crippen LogP contribution in [-0.2, 0) is 4.74 Å². The molecule has 2 amide bonds. The second-order valence-electron chi connectivity index (χ2n) is 8.30. The zero-order chi connectivity index (χ0) is 22.2. The molecule has 162 valence electrons. The third kappa shape index (κ3) is 4.21. The Balaban J connectivity index is 1.97. The molecule has 2 aromatic rings. The fourth-order valence-electron chi connectivity index (χ4n) is 3.65. The third-order valence-corrected chi connectivity index (χ3v) is 5.92. The average Bonchev–Trinajstić information content (AvgIpc) is 3.08. The number of aromatic nitrogens is 1. The van der Waals surface area contributed by atoms with Gasteiger partial charge in [0.1, 0.15) is 11.1 Å². The smallest absolute Gasteiger partial charge is 0.411 e. The van der Waals surface area contributed by atoms with Gasteiger partial charge in [0.15, 0.2) is 0 Å². The Kier molecular flexibility index (Phi) is 5.94. The summed E-state index contributed by atoms with van der Waals surface area (Å²) in [6.45, 7) is 12.6. The van der Waals surface area contributed by atoms with E-state index in [2.05, 4.69) is 16.5 Å². The Bertz CT molecular complexity index is 981. The second-order valence-corrected chi connectivity index (χ2v) is 9.26. The first-order chi connectivity index (χ1) is 14.1. The molecule has 1 aromatic carbocycles. The van der Waals surface area contributed by atoms with E-state index in [9.17, 15) is 9.59 Å². The number of methoxy groups -OCH3 is 1. The summed E-state index contributed by atoms with van der Waals surface area (Å²) in [6.07, 6.45) is 1.41. The molecule has 30 heavy (non-hydrogen) atoms. The van der Waals surface area contributed by atoms with Crippen LogP contribution < -0.4 is 15.4 Å². The molecule has 9 heteroatoms. The van der Waals surface area contributed by atoms with Gasteiger partial charge in [-0.1, -0.05) is 17.4 Å². The highest BCUT2D eigenvalue weighted by Gasteiger charge is 2.37. The first-order valence-corrected chi connectivity index (χ1v) is 10.5. The number of anilines is 1. The van der Waals surface area contributed by atoms with Crippen LogP contribution in [0.15, 0.2) is 24.8 Å². The van der Waals surface area contributed by atoms with Crippen LogP contribution in [0.25, 0.3) is 10.2 Å². The van der Waals surface area contributed by atoms with Gasteiger partial charge in [0.05, 0.1) is 35.1 Å². The van der Waals surface area contributed by atoms with E-state index in [-0.39, 0.29) is 18.2 Å². The fraction of sp³-hybridized carbons (Fsp3) is 0.476. The van der Waals surface area contributed by atoms with Crippen molar-refractivity contribution in [1.29, 1.82) is 0 Å². The van der Waals surface area contributed by atoms with Gasteiger partial charge in [0.25, 0.3) is 11.1 Å². The zero-order valence-corrected chi connectivity index (χ0v) is 18.8. The molecule has 1 saturated heterocycles. The van der Waals surface area contributed by atoms with E-state index in [1.54, 1.807) is 17.0 Å². The number of thiazole rings is 1. The van der Waals surface area contributed by atoms with Gasteiger partial charge >= 0.3 is 6.09 Å². The van der Waals surface area contributed by atoms with Gasteiger partial charge in [-0.3, -0.25) is 9.69 Å².